The van der Waals surface area contributed by atoms with Crippen molar-refractivity contribution in [2.75, 3.05) is 0 Å². The molecule has 35 heavy (non-hydrogen) atoms. The summed E-state index contributed by atoms with van der Waals surface area (Å²) in [7, 11) is 0. The Morgan fingerprint density at radius 2 is 1.74 bits per heavy atom. The van der Waals surface area contributed by atoms with Crippen molar-refractivity contribution in [1.82, 2.24) is 4.98 Å². The fraction of sp³-hybridized carbons (Fsp3) is 0.185. The standard InChI is InChI=1S/C27H22F3NO4/c1-16-14-31-25-22(10-5-11-23(25)27(28,29)30)24(16)19-7-4-8-20(13-19)34-15-18-6-3-9-21(12-18)35-17(2)26(32)33/h3-14,17H,15H2,1-2H3,(H,32,33). The first-order valence-corrected chi connectivity index (χ1v) is 10.8. The van der Waals surface area contributed by atoms with Crippen LogP contribution in [-0.4, -0.2) is 22.2 Å². The summed E-state index contributed by atoms with van der Waals surface area (Å²) < 4.78 is 51.9. The third-order valence-electron chi connectivity index (χ3n) is 5.48. The number of nitrogens with zero attached hydrogens (tertiary/aromatic N) is 1. The Hall–Kier alpha value is -4.07. The van der Waals surface area contributed by atoms with Crippen molar-refractivity contribution in [3.8, 4) is 22.6 Å². The minimum atomic E-state index is -4.51. The Bertz CT molecular complexity index is 1380. The topological polar surface area (TPSA) is 68.7 Å². The molecule has 4 rings (SSSR count). The van der Waals surface area contributed by atoms with Gasteiger partial charge in [0, 0.05) is 11.6 Å². The van der Waals surface area contributed by atoms with Crippen LogP contribution in [0.15, 0.2) is 72.9 Å². The number of rotatable bonds is 7. The van der Waals surface area contributed by atoms with Gasteiger partial charge in [-0.15, -0.1) is 0 Å². The van der Waals surface area contributed by atoms with E-state index in [2.05, 4.69) is 4.98 Å². The molecule has 5 nitrogen and oxygen atoms in total. The number of carboxylic acids is 1. The van der Waals surface area contributed by atoms with Crippen LogP contribution in [0.5, 0.6) is 11.5 Å². The van der Waals surface area contributed by atoms with Gasteiger partial charge in [-0.1, -0.05) is 36.4 Å². The van der Waals surface area contributed by atoms with Gasteiger partial charge in [-0.25, -0.2) is 4.79 Å². The summed E-state index contributed by atoms with van der Waals surface area (Å²) in [6, 6.07) is 18.1. The largest absolute Gasteiger partial charge is 0.489 e. The summed E-state index contributed by atoms with van der Waals surface area (Å²) in [5, 5.41) is 9.43. The average Bonchev–Trinajstić information content (AvgIpc) is 2.82. The lowest BCUT2D eigenvalue weighted by molar-refractivity contribution is -0.144. The number of halogens is 3. The van der Waals surface area contributed by atoms with Gasteiger partial charge < -0.3 is 14.6 Å². The molecule has 0 spiro atoms. The van der Waals surface area contributed by atoms with Crippen LogP contribution in [-0.2, 0) is 17.6 Å². The number of aryl methyl sites for hydroxylation is 1. The number of carbonyl (C=O) groups is 1. The lowest BCUT2D eigenvalue weighted by Crippen LogP contribution is -2.22. The summed E-state index contributed by atoms with van der Waals surface area (Å²) in [6.07, 6.45) is -4.05. The summed E-state index contributed by atoms with van der Waals surface area (Å²) >= 11 is 0. The Labute approximate surface area is 199 Å². The first-order valence-electron chi connectivity index (χ1n) is 10.8. The number of benzene rings is 3. The number of ether oxygens (including phenoxy) is 2. The maximum absolute atomic E-state index is 13.5. The number of alkyl halides is 3. The molecule has 8 heteroatoms. The molecule has 0 radical (unpaired) electrons. The van der Waals surface area contributed by atoms with Crippen molar-refractivity contribution in [3.63, 3.8) is 0 Å². The van der Waals surface area contributed by atoms with Crippen molar-refractivity contribution in [1.29, 1.82) is 0 Å². The van der Waals surface area contributed by atoms with Gasteiger partial charge in [-0.05, 0) is 66.4 Å². The van der Waals surface area contributed by atoms with E-state index in [0.717, 1.165) is 17.2 Å². The monoisotopic (exact) mass is 481 g/mol. The number of aliphatic carboxylic acids is 1. The van der Waals surface area contributed by atoms with Crippen LogP contribution in [0.3, 0.4) is 0 Å². The zero-order chi connectivity index (χ0) is 25.2. The Morgan fingerprint density at radius 1 is 1.03 bits per heavy atom. The van der Waals surface area contributed by atoms with E-state index in [-0.39, 0.29) is 12.1 Å². The molecule has 1 heterocycles. The summed E-state index contributed by atoms with van der Waals surface area (Å²) in [5.41, 5.74) is 2.00. The van der Waals surface area contributed by atoms with E-state index in [1.165, 1.54) is 19.2 Å². The molecule has 0 aliphatic rings. The van der Waals surface area contributed by atoms with E-state index in [1.807, 2.05) is 12.1 Å². The van der Waals surface area contributed by atoms with Crippen LogP contribution < -0.4 is 9.47 Å². The highest BCUT2D eigenvalue weighted by molar-refractivity contribution is 5.97. The zero-order valence-corrected chi connectivity index (χ0v) is 19.0. The van der Waals surface area contributed by atoms with Crippen LogP contribution in [0.4, 0.5) is 13.2 Å². The Balaban J connectivity index is 1.61. The molecule has 0 aliphatic heterocycles. The van der Waals surface area contributed by atoms with Crippen LogP contribution in [0, 0.1) is 6.92 Å². The number of hydrogen-bond donors (Lipinski definition) is 1. The van der Waals surface area contributed by atoms with Crippen molar-refractivity contribution < 1.29 is 32.5 Å². The van der Waals surface area contributed by atoms with Crippen LogP contribution >= 0.6 is 0 Å². The molecule has 1 atom stereocenters. The van der Waals surface area contributed by atoms with Gasteiger partial charge >= 0.3 is 12.1 Å². The van der Waals surface area contributed by atoms with Crippen LogP contribution in [0.1, 0.15) is 23.6 Å². The Kier molecular flexibility index (Phi) is 6.64. The third-order valence-corrected chi connectivity index (χ3v) is 5.48. The van der Waals surface area contributed by atoms with Gasteiger partial charge in [0.25, 0.3) is 0 Å². The lowest BCUT2D eigenvalue weighted by atomic mass is 9.95. The van der Waals surface area contributed by atoms with Gasteiger partial charge in [-0.2, -0.15) is 13.2 Å². The fourth-order valence-electron chi connectivity index (χ4n) is 3.81. The number of aromatic nitrogens is 1. The van der Waals surface area contributed by atoms with E-state index in [9.17, 15) is 18.0 Å². The SMILES string of the molecule is Cc1cnc2c(C(F)(F)F)cccc2c1-c1cccc(OCc2cccc(OC(C)C(=O)O)c2)c1. The Morgan fingerprint density at radius 3 is 2.49 bits per heavy atom. The van der Waals surface area contributed by atoms with Crippen molar-refractivity contribution >= 4 is 16.9 Å². The number of pyridine rings is 1. The molecule has 1 N–H and O–H groups in total. The molecule has 1 unspecified atom stereocenters. The van der Waals surface area contributed by atoms with Gasteiger partial charge in [0.15, 0.2) is 6.10 Å². The number of para-hydroxylation sites is 1. The highest BCUT2D eigenvalue weighted by Gasteiger charge is 2.33. The van der Waals surface area contributed by atoms with Gasteiger partial charge in [0.1, 0.15) is 18.1 Å². The zero-order valence-electron chi connectivity index (χ0n) is 19.0. The minimum Gasteiger partial charge on any atom is -0.489 e. The lowest BCUT2D eigenvalue weighted by Gasteiger charge is -2.15. The van der Waals surface area contributed by atoms with Gasteiger partial charge in [0.05, 0.1) is 11.1 Å². The predicted octanol–water partition coefficient (Wildman–Crippen LogP) is 6.66. The quantitative estimate of drug-likeness (QED) is 0.320. The highest BCUT2D eigenvalue weighted by Crippen LogP contribution is 2.38. The summed E-state index contributed by atoms with van der Waals surface area (Å²) in [6.45, 7) is 3.44. The van der Waals surface area contributed by atoms with Gasteiger partial charge in [0.2, 0.25) is 0 Å². The number of fused-ring (bicyclic) bond motifs is 1. The molecule has 0 amide bonds. The normalized spacial score (nSPS) is 12.4. The first-order chi connectivity index (χ1) is 16.6. The molecule has 180 valence electrons. The average molecular weight is 481 g/mol. The fourth-order valence-corrected chi connectivity index (χ4v) is 3.81. The number of hydrogen-bond acceptors (Lipinski definition) is 4. The maximum atomic E-state index is 13.5. The molecule has 0 aliphatic carbocycles. The van der Waals surface area contributed by atoms with E-state index < -0.39 is 23.8 Å². The highest BCUT2D eigenvalue weighted by atomic mass is 19.4. The molecule has 3 aromatic carbocycles. The van der Waals surface area contributed by atoms with E-state index >= 15 is 0 Å². The second-order valence-corrected chi connectivity index (χ2v) is 8.08. The van der Waals surface area contributed by atoms with Crippen molar-refractivity contribution in [3.05, 3.63) is 89.6 Å². The van der Waals surface area contributed by atoms with Crippen LogP contribution in [0.2, 0.25) is 0 Å². The first kappa shape index (κ1) is 24.1. The number of carboxylic acid groups (broad SMARTS) is 1. The van der Waals surface area contributed by atoms with Crippen molar-refractivity contribution in [2.24, 2.45) is 0 Å². The third kappa shape index (κ3) is 5.37. The van der Waals surface area contributed by atoms with Gasteiger partial charge in [-0.3, -0.25) is 4.98 Å². The summed E-state index contributed by atoms with van der Waals surface area (Å²) in [5.74, 6) is -0.122. The van der Waals surface area contributed by atoms with Crippen LogP contribution in [0.25, 0.3) is 22.0 Å². The molecule has 0 saturated heterocycles. The smallest absolute Gasteiger partial charge is 0.418 e. The van der Waals surface area contributed by atoms with E-state index in [4.69, 9.17) is 14.6 Å². The predicted molar refractivity (Wildman–Crippen MR) is 125 cm³/mol. The molecular weight excluding hydrogens is 459 g/mol. The molecule has 0 bridgehead atoms. The molecular formula is C27H22F3NO4. The summed E-state index contributed by atoms with van der Waals surface area (Å²) in [4.78, 5) is 15.1. The molecule has 4 aromatic rings. The minimum absolute atomic E-state index is 0.0978. The molecule has 0 fully saturated rings. The maximum Gasteiger partial charge on any atom is 0.418 e. The molecule has 1 aromatic heterocycles. The second kappa shape index (κ2) is 9.66. The van der Waals surface area contributed by atoms with Crippen molar-refractivity contribution in [2.45, 2.75) is 32.7 Å². The van der Waals surface area contributed by atoms with E-state index in [0.29, 0.717) is 28.0 Å². The second-order valence-electron chi connectivity index (χ2n) is 8.08. The van der Waals surface area contributed by atoms with E-state index in [1.54, 1.807) is 49.4 Å². The molecule has 0 saturated carbocycles.